The summed E-state index contributed by atoms with van der Waals surface area (Å²) in [6, 6.07) is 13.1. The Morgan fingerprint density at radius 3 is 2.71 bits per heavy atom. The average Bonchev–Trinajstić information content (AvgIpc) is 3.21. The molecule has 0 aliphatic heterocycles. The van der Waals surface area contributed by atoms with Crippen molar-refractivity contribution in [2.45, 2.75) is 0 Å². The lowest BCUT2D eigenvalue weighted by molar-refractivity contribution is 0.556. The summed E-state index contributed by atoms with van der Waals surface area (Å²) in [7, 11) is 0. The van der Waals surface area contributed by atoms with Gasteiger partial charge in [-0.05, 0) is 12.1 Å². The fourth-order valence-corrected chi connectivity index (χ4v) is 3.03. The molecule has 21 heavy (non-hydrogen) atoms. The van der Waals surface area contributed by atoms with Gasteiger partial charge in [0.25, 0.3) is 5.56 Å². The molecule has 4 aromatic rings. The van der Waals surface area contributed by atoms with Gasteiger partial charge < -0.3 is 4.42 Å². The van der Waals surface area contributed by atoms with Crippen LogP contribution < -0.4 is 10.1 Å². The average molecular weight is 295 g/mol. The highest BCUT2D eigenvalue weighted by Crippen LogP contribution is 2.17. The molecule has 0 bridgehead atoms. The van der Waals surface area contributed by atoms with Crippen molar-refractivity contribution in [2.24, 2.45) is 0 Å². The molecule has 1 aromatic carbocycles. The van der Waals surface area contributed by atoms with Crippen molar-refractivity contribution in [3.63, 3.8) is 0 Å². The largest absolute Gasteiger partial charge is 0.465 e. The van der Waals surface area contributed by atoms with E-state index in [2.05, 4.69) is 10.2 Å². The Kier molecular flexibility index (Phi) is 2.68. The summed E-state index contributed by atoms with van der Waals surface area (Å²) in [6.07, 6.45) is 3.29. The normalized spacial score (nSPS) is 12.3. The molecule has 0 N–H and O–H groups in total. The molecule has 0 saturated heterocycles. The highest BCUT2D eigenvalue weighted by Gasteiger charge is 2.13. The third kappa shape index (κ3) is 1.96. The number of furan rings is 1. The zero-order valence-corrected chi connectivity index (χ0v) is 11.6. The molecule has 0 unspecified atom stereocenters. The Morgan fingerprint density at radius 2 is 1.95 bits per heavy atom. The Balaban J connectivity index is 1.98. The Hall–Kier alpha value is -2.73. The smallest absolute Gasteiger partial charge is 0.276 e. The maximum absolute atomic E-state index is 12.5. The van der Waals surface area contributed by atoms with Crippen LogP contribution in [0.1, 0.15) is 5.76 Å². The molecule has 3 heterocycles. The van der Waals surface area contributed by atoms with Crippen molar-refractivity contribution in [2.75, 3.05) is 0 Å². The minimum Gasteiger partial charge on any atom is -0.465 e. The number of nitrogens with zero attached hydrogens (tertiary/aromatic N) is 3. The highest BCUT2D eigenvalue weighted by molar-refractivity contribution is 7.15. The lowest BCUT2D eigenvalue weighted by atomic mass is 10.2. The van der Waals surface area contributed by atoms with Crippen LogP contribution >= 0.6 is 11.3 Å². The van der Waals surface area contributed by atoms with E-state index >= 15 is 0 Å². The van der Waals surface area contributed by atoms with Crippen LogP contribution in [0.4, 0.5) is 0 Å². The second-order valence-corrected chi connectivity index (χ2v) is 5.45. The first-order chi connectivity index (χ1) is 10.3. The highest BCUT2D eigenvalue weighted by atomic mass is 32.1. The van der Waals surface area contributed by atoms with E-state index in [0.717, 1.165) is 5.56 Å². The summed E-state index contributed by atoms with van der Waals surface area (Å²) in [5, 5.41) is 8.20. The van der Waals surface area contributed by atoms with Crippen LogP contribution in [0.15, 0.2) is 57.9 Å². The van der Waals surface area contributed by atoms with E-state index < -0.39 is 0 Å². The van der Waals surface area contributed by atoms with Gasteiger partial charge in [0.1, 0.15) is 10.3 Å². The van der Waals surface area contributed by atoms with E-state index in [9.17, 15) is 4.79 Å². The third-order valence-corrected chi connectivity index (χ3v) is 4.06. The summed E-state index contributed by atoms with van der Waals surface area (Å²) in [5.41, 5.74) is 0.736. The molecular formula is C15H9N3O2S. The molecule has 3 aromatic heterocycles. The molecule has 0 aliphatic rings. The quantitative estimate of drug-likeness (QED) is 0.567. The van der Waals surface area contributed by atoms with E-state index in [4.69, 9.17) is 4.42 Å². The van der Waals surface area contributed by atoms with Gasteiger partial charge in [-0.25, -0.2) is 4.40 Å². The van der Waals surface area contributed by atoms with Gasteiger partial charge in [0.05, 0.1) is 6.26 Å². The molecule has 0 spiro atoms. The van der Waals surface area contributed by atoms with Gasteiger partial charge >= 0.3 is 0 Å². The molecule has 102 valence electrons. The summed E-state index contributed by atoms with van der Waals surface area (Å²) >= 11 is 1.30. The van der Waals surface area contributed by atoms with Gasteiger partial charge in [-0.2, -0.15) is 0 Å². The first-order valence-corrected chi connectivity index (χ1v) is 7.13. The van der Waals surface area contributed by atoms with Crippen molar-refractivity contribution in [1.29, 1.82) is 0 Å². The van der Waals surface area contributed by atoms with Crippen LogP contribution in [0, 0.1) is 0 Å². The van der Waals surface area contributed by atoms with Crippen molar-refractivity contribution < 1.29 is 4.42 Å². The van der Waals surface area contributed by atoms with E-state index in [1.54, 1.807) is 24.5 Å². The van der Waals surface area contributed by atoms with Crippen LogP contribution in [-0.4, -0.2) is 14.6 Å². The molecule has 0 amide bonds. The molecule has 6 heteroatoms. The van der Waals surface area contributed by atoms with E-state index in [0.29, 0.717) is 21.1 Å². The van der Waals surface area contributed by atoms with Crippen LogP contribution in [0.2, 0.25) is 0 Å². The maximum atomic E-state index is 12.5. The van der Waals surface area contributed by atoms with Crippen LogP contribution in [0.3, 0.4) is 0 Å². The topological polar surface area (TPSA) is 60.4 Å². The van der Waals surface area contributed by atoms with Gasteiger partial charge in [-0.15, -0.1) is 10.2 Å². The molecular weight excluding hydrogens is 286 g/mol. The molecule has 5 nitrogen and oxygen atoms in total. The lowest BCUT2D eigenvalue weighted by Crippen LogP contribution is -2.23. The van der Waals surface area contributed by atoms with E-state index in [1.807, 2.05) is 30.3 Å². The van der Waals surface area contributed by atoms with Gasteiger partial charge in [0.2, 0.25) is 4.96 Å². The molecule has 0 saturated carbocycles. The van der Waals surface area contributed by atoms with E-state index in [-0.39, 0.29) is 5.56 Å². The second-order valence-electron chi connectivity index (χ2n) is 4.44. The third-order valence-electron chi connectivity index (χ3n) is 3.10. The first kappa shape index (κ1) is 12.0. The number of aromatic nitrogens is 3. The minimum atomic E-state index is -0.129. The van der Waals surface area contributed by atoms with Crippen molar-refractivity contribution in [1.82, 2.24) is 14.6 Å². The molecule has 0 radical (unpaired) electrons. The zero-order chi connectivity index (χ0) is 14.2. The lowest BCUT2D eigenvalue weighted by Gasteiger charge is -1.94. The zero-order valence-electron chi connectivity index (χ0n) is 10.8. The molecule has 0 aliphatic carbocycles. The minimum absolute atomic E-state index is 0.129. The predicted octanol–water partition coefficient (Wildman–Crippen LogP) is 1.96. The predicted molar refractivity (Wildman–Crippen MR) is 80.1 cm³/mol. The molecule has 0 atom stereocenters. The summed E-state index contributed by atoms with van der Waals surface area (Å²) < 4.78 is 7.36. The summed E-state index contributed by atoms with van der Waals surface area (Å²) in [5.74, 6) is 1.21. The van der Waals surface area contributed by atoms with Gasteiger partial charge in [0, 0.05) is 11.6 Å². The van der Waals surface area contributed by atoms with Crippen LogP contribution in [-0.2, 0) is 0 Å². The standard InChI is InChI=1S/C15H9N3O2S/c19-14-12(9-11-7-4-8-20-11)21-15-17-16-13(18(14)15)10-5-2-1-3-6-10/h1-9H. The van der Waals surface area contributed by atoms with Crippen molar-refractivity contribution in [3.05, 3.63) is 69.4 Å². The number of hydrogen-bond acceptors (Lipinski definition) is 5. The fourth-order valence-electron chi connectivity index (χ4n) is 2.14. The summed E-state index contributed by atoms with van der Waals surface area (Å²) in [6.45, 7) is 0. The summed E-state index contributed by atoms with van der Waals surface area (Å²) in [4.78, 5) is 13.1. The number of benzene rings is 1. The van der Waals surface area contributed by atoms with Crippen LogP contribution in [0.25, 0.3) is 22.4 Å². The van der Waals surface area contributed by atoms with Crippen molar-refractivity contribution in [3.8, 4) is 11.4 Å². The van der Waals surface area contributed by atoms with Gasteiger partial charge in [-0.3, -0.25) is 4.79 Å². The van der Waals surface area contributed by atoms with Gasteiger partial charge in [0.15, 0.2) is 5.82 Å². The molecule has 4 rings (SSSR count). The first-order valence-electron chi connectivity index (χ1n) is 6.31. The maximum Gasteiger partial charge on any atom is 0.276 e. The van der Waals surface area contributed by atoms with Crippen molar-refractivity contribution >= 4 is 22.4 Å². The van der Waals surface area contributed by atoms with E-state index in [1.165, 1.54) is 15.7 Å². The monoisotopic (exact) mass is 295 g/mol. The van der Waals surface area contributed by atoms with Gasteiger partial charge in [-0.1, -0.05) is 41.7 Å². The fraction of sp³-hybridized carbons (Fsp3) is 0. The van der Waals surface area contributed by atoms with Crippen LogP contribution in [0.5, 0.6) is 0 Å². The SMILES string of the molecule is O=c1c(=Cc2ccco2)sc2nnc(-c3ccccc3)n12. The Labute approximate surface area is 122 Å². The Bertz CT molecular complexity index is 1000. The molecule has 0 fully saturated rings. The Morgan fingerprint density at radius 1 is 1.10 bits per heavy atom. The number of hydrogen-bond donors (Lipinski definition) is 0. The second kappa shape index (κ2) is 4.68. The number of rotatable bonds is 2. The number of fused-ring (bicyclic) bond motifs is 1. The number of thiazole rings is 1.